The molecule has 0 saturated carbocycles. The number of halogens is 2. The van der Waals surface area contributed by atoms with Gasteiger partial charge in [0.05, 0.1) is 37.8 Å². The molecule has 5 rings (SSSR count). The van der Waals surface area contributed by atoms with Crippen molar-refractivity contribution in [2.24, 2.45) is 0 Å². The molecule has 4 aromatic rings. The third kappa shape index (κ3) is 4.60. The lowest BCUT2D eigenvalue weighted by Crippen LogP contribution is -2.31. The van der Waals surface area contributed by atoms with E-state index in [1.54, 1.807) is 16.7 Å². The molecule has 0 fully saturated rings. The van der Waals surface area contributed by atoms with Crippen LogP contribution in [0.15, 0.2) is 47.3 Å². The van der Waals surface area contributed by atoms with Crippen LogP contribution in [0.4, 0.5) is 5.69 Å². The normalized spacial score (nSPS) is 12.7. The molecule has 2 heterocycles. The van der Waals surface area contributed by atoms with Gasteiger partial charge in [0, 0.05) is 18.7 Å². The van der Waals surface area contributed by atoms with Crippen LogP contribution >= 0.6 is 23.2 Å². The first-order chi connectivity index (χ1) is 18.6. The van der Waals surface area contributed by atoms with E-state index in [1.807, 2.05) is 32.0 Å². The van der Waals surface area contributed by atoms with Crippen molar-refractivity contribution in [1.29, 1.82) is 0 Å². The molecule has 0 atom stereocenters. The second-order valence-electron chi connectivity index (χ2n) is 9.78. The molecular weight excluding hydrogens is 537 g/mol. The molecule has 3 aromatic carbocycles. The summed E-state index contributed by atoms with van der Waals surface area (Å²) in [4.78, 5) is 45.7. The third-order valence-electron chi connectivity index (χ3n) is 7.39. The van der Waals surface area contributed by atoms with Crippen LogP contribution in [-0.2, 0) is 12.8 Å². The van der Waals surface area contributed by atoms with Crippen LogP contribution < -0.4 is 10.5 Å². The summed E-state index contributed by atoms with van der Waals surface area (Å²) in [7, 11) is 0. The van der Waals surface area contributed by atoms with Crippen LogP contribution in [0.5, 0.6) is 0 Å². The third-order valence-corrected chi connectivity index (χ3v) is 8.02. The fourth-order valence-corrected chi connectivity index (χ4v) is 5.67. The monoisotopic (exact) mass is 563 g/mol. The van der Waals surface area contributed by atoms with Gasteiger partial charge in [0.1, 0.15) is 5.82 Å². The van der Waals surface area contributed by atoms with E-state index >= 15 is 0 Å². The largest absolute Gasteiger partial charge is 0.478 e. The quantitative estimate of drug-likeness (QED) is 0.287. The van der Waals surface area contributed by atoms with Crippen molar-refractivity contribution in [2.45, 2.75) is 46.5 Å². The van der Waals surface area contributed by atoms with Gasteiger partial charge in [-0.05, 0) is 79.8 Å². The predicted molar refractivity (Wildman–Crippen MR) is 154 cm³/mol. The molecule has 0 bridgehead atoms. The van der Waals surface area contributed by atoms with Crippen molar-refractivity contribution in [3.8, 4) is 5.69 Å². The number of aromatic nitrogens is 2. The van der Waals surface area contributed by atoms with E-state index in [2.05, 4.69) is 6.92 Å². The summed E-state index contributed by atoms with van der Waals surface area (Å²) in [5.41, 5.74) is 4.23. The highest BCUT2D eigenvalue weighted by molar-refractivity contribution is 6.39. The highest BCUT2D eigenvalue weighted by atomic mass is 35.5. The number of amides is 1. The number of fused-ring (bicyclic) bond motifs is 2. The van der Waals surface area contributed by atoms with Gasteiger partial charge in [-0.15, -0.1) is 0 Å². The highest BCUT2D eigenvalue weighted by Gasteiger charge is 2.32. The van der Waals surface area contributed by atoms with Crippen LogP contribution in [0.25, 0.3) is 16.6 Å². The molecule has 1 amide bonds. The SMILES string of the molecule is CCCCc1nc2ccc(C)c(C)c2c(=O)n1-c1ccc2c(c1)CCN2C(=O)c1c(Cl)ccc(Cl)c1C(=O)O. The summed E-state index contributed by atoms with van der Waals surface area (Å²) in [6.07, 6.45) is 3.05. The molecule has 0 spiro atoms. The summed E-state index contributed by atoms with van der Waals surface area (Å²) >= 11 is 12.4. The summed E-state index contributed by atoms with van der Waals surface area (Å²) in [5, 5.41) is 10.3. The van der Waals surface area contributed by atoms with Crippen molar-refractivity contribution in [3.05, 3.63) is 96.5 Å². The van der Waals surface area contributed by atoms with E-state index in [4.69, 9.17) is 28.2 Å². The molecule has 0 unspecified atom stereocenters. The van der Waals surface area contributed by atoms with Crippen LogP contribution in [0, 0.1) is 13.8 Å². The molecule has 9 heteroatoms. The summed E-state index contributed by atoms with van der Waals surface area (Å²) in [6, 6.07) is 12.2. The van der Waals surface area contributed by atoms with E-state index in [9.17, 15) is 19.5 Å². The Labute approximate surface area is 235 Å². The van der Waals surface area contributed by atoms with Crippen LogP contribution in [0.1, 0.15) is 63.0 Å². The number of carbonyl (C=O) groups excluding carboxylic acids is 1. The zero-order valence-corrected chi connectivity index (χ0v) is 23.4. The van der Waals surface area contributed by atoms with Crippen LogP contribution in [0.2, 0.25) is 10.0 Å². The molecule has 200 valence electrons. The second-order valence-corrected chi connectivity index (χ2v) is 10.6. The maximum atomic E-state index is 13.9. The van der Waals surface area contributed by atoms with Crippen molar-refractivity contribution in [3.63, 3.8) is 0 Å². The van der Waals surface area contributed by atoms with Gasteiger partial charge in [-0.3, -0.25) is 14.2 Å². The number of anilines is 1. The number of unbranched alkanes of at least 4 members (excludes halogenated alkanes) is 1. The lowest BCUT2D eigenvalue weighted by Gasteiger charge is -2.20. The topological polar surface area (TPSA) is 92.5 Å². The number of carboxylic acid groups (broad SMARTS) is 1. The molecule has 1 aliphatic heterocycles. The van der Waals surface area contributed by atoms with E-state index < -0.39 is 11.9 Å². The molecular formula is C30H27Cl2N3O4. The summed E-state index contributed by atoms with van der Waals surface area (Å²) < 4.78 is 1.69. The van der Waals surface area contributed by atoms with Gasteiger partial charge in [0.25, 0.3) is 11.5 Å². The van der Waals surface area contributed by atoms with Crippen LogP contribution in [0.3, 0.4) is 0 Å². The molecule has 1 aliphatic rings. The highest BCUT2D eigenvalue weighted by Crippen LogP contribution is 2.35. The van der Waals surface area contributed by atoms with Crippen molar-refractivity contribution in [2.75, 3.05) is 11.4 Å². The van der Waals surface area contributed by atoms with E-state index in [0.717, 1.165) is 29.5 Å². The Bertz CT molecular complexity index is 1730. The number of nitrogens with zero attached hydrogens (tertiary/aromatic N) is 3. The van der Waals surface area contributed by atoms with E-state index in [-0.39, 0.29) is 26.7 Å². The van der Waals surface area contributed by atoms with Gasteiger partial charge < -0.3 is 10.0 Å². The number of carbonyl (C=O) groups is 2. The Kier molecular flexibility index (Phi) is 7.23. The van der Waals surface area contributed by atoms with Gasteiger partial charge >= 0.3 is 5.97 Å². The Morgan fingerprint density at radius 2 is 1.74 bits per heavy atom. The number of aryl methyl sites for hydroxylation is 3. The molecule has 39 heavy (non-hydrogen) atoms. The molecule has 1 aromatic heterocycles. The molecule has 0 saturated heterocycles. The van der Waals surface area contributed by atoms with Crippen molar-refractivity contribution >= 4 is 51.7 Å². The Morgan fingerprint density at radius 1 is 1.03 bits per heavy atom. The number of benzene rings is 3. The molecule has 1 N–H and O–H groups in total. The number of rotatable bonds is 6. The predicted octanol–water partition coefficient (Wildman–Crippen LogP) is 6.55. The fraction of sp³-hybridized carbons (Fsp3) is 0.267. The van der Waals surface area contributed by atoms with Gasteiger partial charge in [-0.25, -0.2) is 9.78 Å². The number of carboxylic acids is 1. The maximum Gasteiger partial charge on any atom is 0.338 e. The van der Waals surface area contributed by atoms with Crippen LogP contribution in [-0.4, -0.2) is 33.1 Å². The second kappa shape index (κ2) is 10.5. The zero-order valence-electron chi connectivity index (χ0n) is 21.8. The zero-order chi connectivity index (χ0) is 28.0. The Morgan fingerprint density at radius 3 is 2.44 bits per heavy atom. The van der Waals surface area contributed by atoms with E-state index in [1.165, 1.54) is 17.0 Å². The number of hydrogen-bond donors (Lipinski definition) is 1. The fourth-order valence-electron chi connectivity index (χ4n) is 5.19. The standard InChI is InChI=1S/C30H27Cl2N3O4/c1-4-5-6-24-33-22-11-7-16(2)17(3)25(22)29(37)35(24)19-8-12-23-18(15-19)13-14-34(23)28(36)26-20(31)9-10-21(32)27(26)30(38)39/h7-12,15H,4-6,13-14H2,1-3H3,(H,38,39). The molecule has 0 radical (unpaired) electrons. The van der Waals surface area contributed by atoms with Crippen molar-refractivity contribution < 1.29 is 14.7 Å². The summed E-state index contributed by atoms with van der Waals surface area (Å²) in [6.45, 7) is 6.35. The maximum absolute atomic E-state index is 13.9. The average Bonchev–Trinajstić information content (AvgIpc) is 3.33. The van der Waals surface area contributed by atoms with Gasteiger partial charge in [0.15, 0.2) is 0 Å². The lowest BCUT2D eigenvalue weighted by molar-refractivity contribution is 0.0692. The summed E-state index contributed by atoms with van der Waals surface area (Å²) in [5.74, 6) is -1.17. The minimum atomic E-state index is -1.33. The number of aromatic carboxylic acids is 1. The minimum absolute atomic E-state index is 0.0203. The Hall–Kier alpha value is -3.68. The Balaban J connectivity index is 1.62. The first kappa shape index (κ1) is 26.9. The average molecular weight is 564 g/mol. The van der Waals surface area contributed by atoms with Gasteiger partial charge in [-0.1, -0.05) is 42.6 Å². The van der Waals surface area contributed by atoms with Crippen molar-refractivity contribution in [1.82, 2.24) is 9.55 Å². The number of hydrogen-bond acceptors (Lipinski definition) is 4. The smallest absolute Gasteiger partial charge is 0.338 e. The molecule has 7 nitrogen and oxygen atoms in total. The van der Waals surface area contributed by atoms with Gasteiger partial charge in [-0.2, -0.15) is 0 Å². The first-order valence-electron chi connectivity index (χ1n) is 12.8. The molecule has 0 aliphatic carbocycles. The van der Waals surface area contributed by atoms with Gasteiger partial charge in [0.2, 0.25) is 0 Å². The minimum Gasteiger partial charge on any atom is -0.478 e. The van der Waals surface area contributed by atoms with E-state index in [0.29, 0.717) is 47.5 Å². The lowest BCUT2D eigenvalue weighted by atomic mass is 10.0. The first-order valence-corrected chi connectivity index (χ1v) is 13.6.